The smallest absolute Gasteiger partial charge is 0.214 e. The first-order valence-corrected chi connectivity index (χ1v) is 8.38. The topological polar surface area (TPSA) is 73.1 Å². The number of ether oxygens (including phenoxy) is 1. The number of aromatic nitrogens is 3. The number of hydrogen-bond acceptors (Lipinski definition) is 6. The predicted molar refractivity (Wildman–Crippen MR) is 100 cm³/mol. The second kappa shape index (κ2) is 7.03. The number of nitrogens with one attached hydrogen (secondary N) is 1. The summed E-state index contributed by atoms with van der Waals surface area (Å²) < 4.78 is 24.7. The molecule has 0 atom stereocenters. The first-order chi connectivity index (χ1) is 13.1. The highest BCUT2D eigenvalue weighted by Gasteiger charge is 2.11. The van der Waals surface area contributed by atoms with Crippen molar-refractivity contribution in [3.63, 3.8) is 0 Å². The van der Waals surface area contributed by atoms with Gasteiger partial charge in [0, 0.05) is 17.0 Å². The van der Waals surface area contributed by atoms with E-state index in [0.29, 0.717) is 34.9 Å². The molecule has 0 aliphatic rings. The SMILES string of the molecule is COc1cc2c(NCc3ncc(-c4ccc(C)cc4)o3)ncnc2cc1F. The number of aryl methyl sites for hydroxylation is 1. The Bertz CT molecular complexity index is 1090. The van der Waals surface area contributed by atoms with Crippen molar-refractivity contribution in [3.05, 3.63) is 66.2 Å². The molecule has 2 heterocycles. The van der Waals surface area contributed by atoms with Crippen molar-refractivity contribution in [2.45, 2.75) is 13.5 Å². The second-order valence-corrected chi connectivity index (χ2v) is 6.06. The minimum atomic E-state index is -0.468. The van der Waals surface area contributed by atoms with Gasteiger partial charge in [-0.05, 0) is 13.0 Å². The molecule has 0 fully saturated rings. The van der Waals surface area contributed by atoms with Gasteiger partial charge in [-0.15, -0.1) is 0 Å². The van der Waals surface area contributed by atoms with Crippen LogP contribution in [0, 0.1) is 12.7 Å². The fourth-order valence-corrected chi connectivity index (χ4v) is 2.76. The molecule has 0 unspecified atom stereocenters. The van der Waals surface area contributed by atoms with Crippen LogP contribution in [0.15, 0.2) is 53.3 Å². The standard InChI is InChI=1S/C20H17FN4O2/c1-12-3-5-13(6-4-12)18-9-22-19(27-18)10-23-20-14-7-17(26-2)15(21)8-16(14)24-11-25-20/h3-9,11H,10H2,1-2H3,(H,23,24,25). The first-order valence-electron chi connectivity index (χ1n) is 8.38. The zero-order chi connectivity index (χ0) is 18.8. The van der Waals surface area contributed by atoms with E-state index in [1.165, 1.54) is 25.1 Å². The summed E-state index contributed by atoms with van der Waals surface area (Å²) in [5.74, 6) is 1.44. The molecule has 2 aromatic carbocycles. The molecule has 0 spiro atoms. The van der Waals surface area contributed by atoms with Crippen molar-refractivity contribution >= 4 is 16.7 Å². The average Bonchev–Trinajstić information content (AvgIpc) is 3.15. The van der Waals surface area contributed by atoms with Gasteiger partial charge < -0.3 is 14.5 Å². The molecular weight excluding hydrogens is 347 g/mol. The normalized spacial score (nSPS) is 10.9. The Balaban J connectivity index is 1.56. The van der Waals surface area contributed by atoms with Crippen LogP contribution in [0.2, 0.25) is 0 Å². The van der Waals surface area contributed by atoms with Gasteiger partial charge >= 0.3 is 0 Å². The summed E-state index contributed by atoms with van der Waals surface area (Å²) in [6.45, 7) is 2.37. The number of rotatable bonds is 5. The number of methoxy groups -OCH3 is 1. The molecule has 0 amide bonds. The lowest BCUT2D eigenvalue weighted by atomic mass is 10.1. The Hall–Kier alpha value is -3.48. The van der Waals surface area contributed by atoms with Crippen LogP contribution in [0.1, 0.15) is 11.5 Å². The van der Waals surface area contributed by atoms with Crippen molar-refractivity contribution in [1.29, 1.82) is 0 Å². The number of hydrogen-bond donors (Lipinski definition) is 1. The van der Waals surface area contributed by atoms with E-state index in [0.717, 1.165) is 5.56 Å². The molecule has 0 bridgehead atoms. The molecule has 4 rings (SSSR count). The Morgan fingerprint density at radius 3 is 2.70 bits per heavy atom. The van der Waals surface area contributed by atoms with Crippen molar-refractivity contribution < 1.29 is 13.5 Å². The maximum Gasteiger partial charge on any atom is 0.214 e. The molecule has 7 heteroatoms. The van der Waals surface area contributed by atoms with E-state index < -0.39 is 5.82 Å². The lowest BCUT2D eigenvalue weighted by Crippen LogP contribution is -2.03. The Kier molecular flexibility index (Phi) is 4.42. The number of halogens is 1. The fourth-order valence-electron chi connectivity index (χ4n) is 2.76. The Labute approximate surface area is 155 Å². The van der Waals surface area contributed by atoms with Crippen LogP contribution >= 0.6 is 0 Å². The third kappa shape index (κ3) is 3.44. The van der Waals surface area contributed by atoms with Crippen LogP contribution in [0.3, 0.4) is 0 Å². The summed E-state index contributed by atoms with van der Waals surface area (Å²) in [7, 11) is 1.42. The van der Waals surface area contributed by atoms with Gasteiger partial charge in [-0.2, -0.15) is 0 Å². The maximum absolute atomic E-state index is 13.9. The predicted octanol–water partition coefficient (Wildman–Crippen LogP) is 4.35. The highest BCUT2D eigenvalue weighted by Crippen LogP contribution is 2.28. The van der Waals surface area contributed by atoms with Gasteiger partial charge in [-0.1, -0.05) is 29.8 Å². The third-order valence-electron chi connectivity index (χ3n) is 4.21. The summed E-state index contributed by atoms with van der Waals surface area (Å²) in [5, 5.41) is 3.82. The number of oxazole rings is 1. The molecule has 4 aromatic rings. The molecule has 0 saturated heterocycles. The Morgan fingerprint density at radius 1 is 1.11 bits per heavy atom. The van der Waals surface area contributed by atoms with Crippen molar-refractivity contribution in [1.82, 2.24) is 15.0 Å². The van der Waals surface area contributed by atoms with Gasteiger partial charge in [0.05, 0.1) is 25.4 Å². The summed E-state index contributed by atoms with van der Waals surface area (Å²) >= 11 is 0. The highest BCUT2D eigenvalue weighted by molar-refractivity contribution is 5.90. The number of nitrogens with zero attached hydrogens (tertiary/aromatic N) is 3. The van der Waals surface area contributed by atoms with E-state index in [-0.39, 0.29) is 5.75 Å². The monoisotopic (exact) mass is 364 g/mol. The molecule has 0 aliphatic heterocycles. The first kappa shape index (κ1) is 17.0. The van der Waals surface area contributed by atoms with Crippen LogP contribution < -0.4 is 10.1 Å². The minimum Gasteiger partial charge on any atom is -0.494 e. The number of anilines is 1. The lowest BCUT2D eigenvalue weighted by Gasteiger charge is -2.08. The van der Waals surface area contributed by atoms with Crippen LogP contribution in [0.5, 0.6) is 5.75 Å². The number of fused-ring (bicyclic) bond motifs is 1. The summed E-state index contributed by atoms with van der Waals surface area (Å²) in [4.78, 5) is 12.6. The molecule has 2 aromatic heterocycles. The van der Waals surface area contributed by atoms with Crippen LogP contribution in [0.4, 0.5) is 10.2 Å². The molecule has 27 heavy (non-hydrogen) atoms. The maximum atomic E-state index is 13.9. The summed E-state index contributed by atoms with van der Waals surface area (Å²) in [6, 6.07) is 10.9. The van der Waals surface area contributed by atoms with Gasteiger partial charge in [0.2, 0.25) is 5.89 Å². The van der Waals surface area contributed by atoms with Crippen LogP contribution in [0.25, 0.3) is 22.2 Å². The van der Waals surface area contributed by atoms with Gasteiger partial charge in [-0.25, -0.2) is 19.3 Å². The average molecular weight is 364 g/mol. The highest BCUT2D eigenvalue weighted by atomic mass is 19.1. The zero-order valence-electron chi connectivity index (χ0n) is 14.9. The molecule has 6 nitrogen and oxygen atoms in total. The van der Waals surface area contributed by atoms with E-state index in [9.17, 15) is 4.39 Å². The number of benzene rings is 2. The molecule has 0 saturated carbocycles. The third-order valence-corrected chi connectivity index (χ3v) is 4.21. The minimum absolute atomic E-state index is 0.137. The van der Waals surface area contributed by atoms with Crippen molar-refractivity contribution in [3.8, 4) is 17.1 Å². The van der Waals surface area contributed by atoms with Crippen molar-refractivity contribution in [2.75, 3.05) is 12.4 Å². The quantitative estimate of drug-likeness (QED) is 0.567. The van der Waals surface area contributed by atoms with E-state index >= 15 is 0 Å². The van der Waals surface area contributed by atoms with Crippen molar-refractivity contribution in [2.24, 2.45) is 0 Å². The Morgan fingerprint density at radius 2 is 1.93 bits per heavy atom. The molecule has 0 aliphatic carbocycles. The summed E-state index contributed by atoms with van der Waals surface area (Å²) in [6.07, 6.45) is 3.07. The largest absolute Gasteiger partial charge is 0.494 e. The fraction of sp³-hybridized carbons (Fsp3) is 0.150. The second-order valence-electron chi connectivity index (χ2n) is 6.06. The van der Waals surface area contributed by atoms with Gasteiger partial charge in [0.1, 0.15) is 12.1 Å². The molecule has 1 N–H and O–H groups in total. The molecular formula is C20H17FN4O2. The molecule has 136 valence electrons. The molecule has 0 radical (unpaired) electrons. The van der Waals surface area contributed by atoms with E-state index in [2.05, 4.69) is 20.3 Å². The lowest BCUT2D eigenvalue weighted by molar-refractivity contribution is 0.387. The van der Waals surface area contributed by atoms with Gasteiger partial charge in [0.15, 0.2) is 17.3 Å². The van der Waals surface area contributed by atoms with Crippen LogP contribution in [-0.2, 0) is 6.54 Å². The van der Waals surface area contributed by atoms with Crippen LogP contribution in [-0.4, -0.2) is 22.1 Å². The van der Waals surface area contributed by atoms with E-state index in [1.54, 1.807) is 12.3 Å². The van der Waals surface area contributed by atoms with Gasteiger partial charge in [0.25, 0.3) is 0 Å². The van der Waals surface area contributed by atoms with E-state index in [1.807, 2.05) is 31.2 Å². The van der Waals surface area contributed by atoms with E-state index in [4.69, 9.17) is 9.15 Å². The van der Waals surface area contributed by atoms with Gasteiger partial charge in [-0.3, -0.25) is 0 Å². The summed E-state index contributed by atoms with van der Waals surface area (Å²) in [5.41, 5.74) is 2.63. The zero-order valence-corrected chi connectivity index (χ0v) is 14.9.